The van der Waals surface area contributed by atoms with E-state index in [0.717, 1.165) is 18.9 Å². The first kappa shape index (κ1) is 15.6. The van der Waals surface area contributed by atoms with Crippen LogP contribution in [0.15, 0.2) is 4.99 Å². The fourth-order valence-corrected chi connectivity index (χ4v) is 3.59. The summed E-state index contributed by atoms with van der Waals surface area (Å²) in [5.41, 5.74) is 6.31. The van der Waals surface area contributed by atoms with Gasteiger partial charge in [-0.25, -0.2) is 4.99 Å². The number of hydrogen-bond acceptors (Lipinski definition) is 2. The van der Waals surface area contributed by atoms with E-state index >= 15 is 0 Å². The van der Waals surface area contributed by atoms with E-state index < -0.39 is 0 Å². The van der Waals surface area contributed by atoms with Gasteiger partial charge in [-0.05, 0) is 32.1 Å². The second-order valence-corrected chi connectivity index (χ2v) is 6.34. The molecule has 0 atom stereocenters. The summed E-state index contributed by atoms with van der Waals surface area (Å²) in [5, 5.41) is 9.11. The van der Waals surface area contributed by atoms with Crippen molar-refractivity contribution in [1.29, 1.82) is 0 Å². The molecular weight excluding hydrogens is 250 g/mol. The lowest BCUT2D eigenvalue weighted by Crippen LogP contribution is -2.47. The molecule has 0 amide bonds. The Labute approximate surface area is 123 Å². The zero-order valence-corrected chi connectivity index (χ0v) is 12.8. The number of aliphatic hydroxyl groups excluding tert-OH is 1. The van der Waals surface area contributed by atoms with Gasteiger partial charge in [0.1, 0.15) is 0 Å². The molecule has 0 aromatic carbocycles. The molecule has 0 aromatic rings. The normalized spacial score (nSPS) is 22.9. The monoisotopic (exact) mass is 281 g/mol. The molecule has 0 unspecified atom stereocenters. The minimum Gasteiger partial charge on any atom is -0.396 e. The zero-order valence-electron chi connectivity index (χ0n) is 12.8. The molecule has 0 heterocycles. The Kier molecular flexibility index (Phi) is 6.64. The van der Waals surface area contributed by atoms with Crippen LogP contribution in [-0.4, -0.2) is 41.2 Å². The Balaban J connectivity index is 1.97. The van der Waals surface area contributed by atoms with Gasteiger partial charge in [-0.3, -0.25) is 0 Å². The second-order valence-electron chi connectivity index (χ2n) is 6.34. The van der Waals surface area contributed by atoms with E-state index in [4.69, 9.17) is 15.8 Å². The van der Waals surface area contributed by atoms with Crippen LogP contribution in [0.1, 0.15) is 70.6 Å². The van der Waals surface area contributed by atoms with Crippen molar-refractivity contribution in [3.05, 3.63) is 0 Å². The van der Waals surface area contributed by atoms with Crippen molar-refractivity contribution >= 4 is 5.96 Å². The zero-order chi connectivity index (χ0) is 14.2. The molecule has 4 nitrogen and oxygen atoms in total. The van der Waals surface area contributed by atoms with Gasteiger partial charge in [0.25, 0.3) is 0 Å². The van der Waals surface area contributed by atoms with E-state index in [2.05, 4.69) is 4.90 Å². The first-order valence-corrected chi connectivity index (χ1v) is 8.52. The van der Waals surface area contributed by atoms with E-state index in [1.165, 1.54) is 64.2 Å². The summed E-state index contributed by atoms with van der Waals surface area (Å²) in [4.78, 5) is 7.08. The Morgan fingerprint density at radius 2 is 1.60 bits per heavy atom. The van der Waals surface area contributed by atoms with E-state index in [9.17, 15) is 0 Å². The third-order valence-electron chi connectivity index (χ3n) is 4.76. The fourth-order valence-electron chi connectivity index (χ4n) is 3.59. The lowest BCUT2D eigenvalue weighted by molar-refractivity contribution is 0.211. The third-order valence-corrected chi connectivity index (χ3v) is 4.76. The number of rotatable bonds is 5. The topological polar surface area (TPSA) is 61.8 Å². The van der Waals surface area contributed by atoms with Gasteiger partial charge in [-0.15, -0.1) is 0 Å². The maximum absolute atomic E-state index is 9.11. The van der Waals surface area contributed by atoms with Crippen LogP contribution < -0.4 is 5.73 Å². The molecule has 116 valence electrons. The van der Waals surface area contributed by atoms with Gasteiger partial charge < -0.3 is 15.7 Å². The van der Waals surface area contributed by atoms with Gasteiger partial charge in [-0.1, -0.05) is 38.5 Å². The molecule has 2 fully saturated rings. The lowest BCUT2D eigenvalue weighted by atomic mass is 9.94. The maximum Gasteiger partial charge on any atom is 0.191 e. The summed E-state index contributed by atoms with van der Waals surface area (Å²) >= 11 is 0. The van der Waals surface area contributed by atoms with Gasteiger partial charge in [0.05, 0.1) is 6.04 Å². The molecule has 20 heavy (non-hydrogen) atoms. The minimum atomic E-state index is 0.236. The van der Waals surface area contributed by atoms with E-state index in [1.807, 2.05) is 0 Å². The first-order chi connectivity index (χ1) is 9.81. The van der Waals surface area contributed by atoms with E-state index in [-0.39, 0.29) is 6.61 Å². The molecule has 2 saturated carbocycles. The van der Waals surface area contributed by atoms with Crippen LogP contribution in [-0.2, 0) is 0 Å². The van der Waals surface area contributed by atoms with E-state index in [1.54, 1.807) is 0 Å². The third kappa shape index (κ3) is 4.65. The molecule has 0 spiro atoms. The van der Waals surface area contributed by atoms with Crippen LogP contribution in [0.2, 0.25) is 0 Å². The summed E-state index contributed by atoms with van der Waals surface area (Å²) in [5.74, 6) is 0.734. The Hall–Kier alpha value is -0.770. The quantitative estimate of drug-likeness (QED) is 0.601. The molecule has 0 saturated heterocycles. The highest BCUT2D eigenvalue weighted by atomic mass is 16.3. The largest absolute Gasteiger partial charge is 0.396 e. The van der Waals surface area contributed by atoms with Crippen molar-refractivity contribution in [2.75, 3.05) is 13.2 Å². The number of aliphatic hydroxyl groups is 1. The van der Waals surface area contributed by atoms with Crippen LogP contribution in [0.25, 0.3) is 0 Å². The molecule has 0 radical (unpaired) electrons. The predicted molar refractivity (Wildman–Crippen MR) is 83.8 cm³/mol. The molecular formula is C16H31N3O. The number of nitrogens with zero attached hydrogens (tertiary/aromatic N) is 2. The number of aliphatic imine (C=N–C) groups is 1. The van der Waals surface area contributed by atoms with Crippen molar-refractivity contribution in [1.82, 2.24) is 4.90 Å². The lowest BCUT2D eigenvalue weighted by Gasteiger charge is -2.36. The molecule has 2 aliphatic rings. The molecule has 0 aliphatic heterocycles. The van der Waals surface area contributed by atoms with Gasteiger partial charge in [0.2, 0.25) is 0 Å². The van der Waals surface area contributed by atoms with E-state index in [0.29, 0.717) is 12.1 Å². The average Bonchev–Trinajstić information content (AvgIpc) is 2.50. The fraction of sp³-hybridized carbons (Fsp3) is 0.938. The number of guanidine groups is 1. The summed E-state index contributed by atoms with van der Waals surface area (Å²) < 4.78 is 0. The second kappa shape index (κ2) is 8.50. The Morgan fingerprint density at radius 1 is 1.00 bits per heavy atom. The van der Waals surface area contributed by atoms with Crippen molar-refractivity contribution < 1.29 is 5.11 Å². The summed E-state index contributed by atoms with van der Waals surface area (Å²) in [6.07, 6.45) is 13.5. The van der Waals surface area contributed by atoms with Gasteiger partial charge >= 0.3 is 0 Å². The highest BCUT2D eigenvalue weighted by Gasteiger charge is 2.23. The first-order valence-electron chi connectivity index (χ1n) is 8.52. The number of nitrogens with two attached hydrogens (primary N) is 1. The highest BCUT2D eigenvalue weighted by molar-refractivity contribution is 5.78. The van der Waals surface area contributed by atoms with Crippen LogP contribution in [0.5, 0.6) is 0 Å². The molecule has 2 aliphatic carbocycles. The summed E-state index contributed by atoms with van der Waals surface area (Å²) in [6, 6.07) is 0.978. The minimum absolute atomic E-state index is 0.236. The smallest absolute Gasteiger partial charge is 0.191 e. The van der Waals surface area contributed by atoms with Crippen LogP contribution in [0.3, 0.4) is 0 Å². The van der Waals surface area contributed by atoms with Crippen molar-refractivity contribution in [3.8, 4) is 0 Å². The van der Waals surface area contributed by atoms with Crippen LogP contribution in [0, 0.1) is 0 Å². The Morgan fingerprint density at radius 3 is 2.20 bits per heavy atom. The molecule has 2 rings (SSSR count). The van der Waals surface area contributed by atoms with Crippen LogP contribution >= 0.6 is 0 Å². The highest BCUT2D eigenvalue weighted by Crippen LogP contribution is 2.24. The average molecular weight is 281 g/mol. The van der Waals surface area contributed by atoms with Crippen molar-refractivity contribution in [3.63, 3.8) is 0 Å². The van der Waals surface area contributed by atoms with Gasteiger partial charge in [0.15, 0.2) is 5.96 Å². The SMILES string of the molecule is NC(=NC1CCCCC1)N(CCCO)C1CCCCC1. The number of hydrogen-bond donors (Lipinski definition) is 2. The predicted octanol–water partition coefficient (Wildman–Crippen LogP) is 2.65. The van der Waals surface area contributed by atoms with Crippen LogP contribution in [0.4, 0.5) is 0 Å². The van der Waals surface area contributed by atoms with Crippen molar-refractivity contribution in [2.45, 2.75) is 82.7 Å². The van der Waals surface area contributed by atoms with Gasteiger partial charge in [-0.2, -0.15) is 0 Å². The van der Waals surface area contributed by atoms with Crippen molar-refractivity contribution in [2.24, 2.45) is 10.7 Å². The maximum atomic E-state index is 9.11. The standard InChI is InChI=1S/C16H31N3O/c17-16(18-14-8-3-1-4-9-14)19(12-7-13-20)15-10-5-2-6-11-15/h14-15,20H,1-13H2,(H2,17,18). The van der Waals surface area contributed by atoms with Gasteiger partial charge in [0, 0.05) is 19.2 Å². The molecule has 0 bridgehead atoms. The molecule has 4 heteroatoms. The Bertz CT molecular complexity index is 294. The summed E-state index contributed by atoms with van der Waals surface area (Å²) in [6.45, 7) is 1.09. The summed E-state index contributed by atoms with van der Waals surface area (Å²) in [7, 11) is 0. The molecule has 3 N–H and O–H groups in total. The molecule has 0 aromatic heterocycles.